The van der Waals surface area contributed by atoms with Crippen LogP contribution in [0.25, 0.3) is 0 Å². The van der Waals surface area contributed by atoms with Crippen LogP contribution < -0.4 is 19.5 Å². The number of aromatic hydroxyl groups is 1. The second-order valence-electron chi connectivity index (χ2n) is 15.2. The number of unbranched alkanes of at least 4 members (excludes halogenated alkanes) is 2. The molecule has 13 nitrogen and oxygen atoms in total. The molecule has 2 aromatic carbocycles. The molecule has 13 heteroatoms. The third-order valence-corrected chi connectivity index (χ3v) is 11.7. The molecular formula is C41H55N3O10. The van der Waals surface area contributed by atoms with Crippen LogP contribution >= 0.6 is 0 Å². The lowest BCUT2D eigenvalue weighted by atomic mass is 9.55. The number of phenolic OH excluding ortho intramolecular Hbond substituents is 1. The van der Waals surface area contributed by atoms with Gasteiger partial charge < -0.3 is 54.4 Å². The number of phenols is 1. The Balaban J connectivity index is 1.30. The average molecular weight is 750 g/mol. The Hall–Kier alpha value is -4.04. The van der Waals surface area contributed by atoms with Gasteiger partial charge in [-0.05, 0) is 98.2 Å². The Morgan fingerprint density at radius 2 is 1.81 bits per heavy atom. The highest BCUT2D eigenvalue weighted by Crippen LogP contribution is 2.60. The zero-order valence-electron chi connectivity index (χ0n) is 31.2. The highest BCUT2D eigenvalue weighted by molar-refractivity contribution is 6.03. The van der Waals surface area contributed by atoms with Gasteiger partial charge in [0, 0.05) is 50.6 Å². The molecule has 0 radical (unpaired) electrons. The van der Waals surface area contributed by atoms with E-state index in [4.69, 9.17) is 28.9 Å². The fraction of sp³-hybridized carbons (Fsp3) is 0.610. The Kier molecular flexibility index (Phi) is 12.2. The first kappa shape index (κ1) is 38.2. The highest BCUT2D eigenvalue weighted by Gasteiger charge is 2.64. The first-order valence-electron chi connectivity index (χ1n) is 19.8. The van der Waals surface area contributed by atoms with E-state index in [0.717, 1.165) is 55.2 Å². The molecule has 2 amide bonds. The molecule has 2 aromatic rings. The molecule has 7 rings (SSSR count). The Labute approximate surface area is 316 Å². The summed E-state index contributed by atoms with van der Waals surface area (Å²) in [6, 6.07) is 9.35. The molecule has 54 heavy (non-hydrogen) atoms. The number of rotatable bonds is 15. The quantitative estimate of drug-likeness (QED) is 0.113. The lowest BCUT2D eigenvalue weighted by molar-refractivity contribution is -0.228. The minimum absolute atomic E-state index is 0.00187. The van der Waals surface area contributed by atoms with E-state index in [1.807, 2.05) is 25.1 Å². The molecule has 3 aliphatic heterocycles. The molecule has 0 aromatic heterocycles. The van der Waals surface area contributed by atoms with Crippen LogP contribution in [0.5, 0.6) is 23.0 Å². The van der Waals surface area contributed by atoms with Gasteiger partial charge >= 0.3 is 6.03 Å². The molecule has 1 unspecified atom stereocenters. The van der Waals surface area contributed by atoms with E-state index < -0.39 is 24.0 Å². The van der Waals surface area contributed by atoms with E-state index in [1.54, 1.807) is 23.1 Å². The van der Waals surface area contributed by atoms with Gasteiger partial charge in [0.2, 0.25) is 18.9 Å². The standard InChI is InChI=1S/C41H55N3O10/c1-2-16-44(40(48)42-24-26-12-14-34-35(20-26)52-25-51-34)36-23-32(43-54-37-11-5-8-19-50-37)30-21-27(9-3-6-17-45)29(10-4-7-18-46)38-31-22-28(47)13-15-33(31)53-41(36,49)39(30)38/h12-15,20-22,27,29,36-39,45-47,49H,2-11,16-19,23-25H2,1H3,(H,42,48)/t27-,29+,36-,37?,38+,39+,41+/m0/s1. The van der Waals surface area contributed by atoms with Gasteiger partial charge in [0.1, 0.15) is 17.5 Å². The SMILES string of the molecule is CCCN(C(=O)NCc1ccc2c(c1)OCO2)[C@H]1CC(=NOC2CCCCO2)C2=C[C@H](CCCCO)[C@@H](CCCCO)[C@@H]3c4cc(O)ccc4O[C@@]1(O)[C@H]23. The van der Waals surface area contributed by atoms with Gasteiger partial charge in [-0.25, -0.2) is 4.79 Å². The molecular weight excluding hydrogens is 694 g/mol. The summed E-state index contributed by atoms with van der Waals surface area (Å²) in [6.45, 7) is 3.49. The maximum absolute atomic E-state index is 14.4. The van der Waals surface area contributed by atoms with Crippen molar-refractivity contribution < 1.29 is 49.0 Å². The topological polar surface area (TPSA) is 172 Å². The van der Waals surface area contributed by atoms with E-state index in [9.17, 15) is 25.2 Å². The number of urea groups is 1. The number of nitrogens with zero attached hydrogens (tertiary/aromatic N) is 2. The number of fused-ring (bicyclic) bond motifs is 3. The number of oxime groups is 1. The third kappa shape index (κ3) is 7.87. The van der Waals surface area contributed by atoms with Gasteiger partial charge in [-0.2, -0.15) is 0 Å². The number of ether oxygens (including phenoxy) is 4. The van der Waals surface area contributed by atoms with Crippen molar-refractivity contribution in [3.63, 3.8) is 0 Å². The van der Waals surface area contributed by atoms with E-state index in [0.29, 0.717) is 61.8 Å². The smallest absolute Gasteiger partial charge is 0.318 e. The summed E-state index contributed by atoms with van der Waals surface area (Å²) >= 11 is 0. The zero-order chi connectivity index (χ0) is 37.7. The normalized spacial score (nSPS) is 28.7. The fourth-order valence-corrected chi connectivity index (χ4v) is 9.17. The molecule has 294 valence electrons. The van der Waals surface area contributed by atoms with E-state index in [-0.39, 0.29) is 62.5 Å². The molecule has 2 fully saturated rings. The predicted molar refractivity (Wildman–Crippen MR) is 199 cm³/mol. The maximum Gasteiger partial charge on any atom is 0.318 e. The van der Waals surface area contributed by atoms with Crippen molar-refractivity contribution in [1.29, 1.82) is 0 Å². The molecule has 0 bridgehead atoms. The molecule has 5 aliphatic rings. The van der Waals surface area contributed by atoms with Gasteiger partial charge in [0.05, 0.1) is 18.2 Å². The highest BCUT2D eigenvalue weighted by atomic mass is 16.8. The summed E-state index contributed by atoms with van der Waals surface area (Å²) in [5, 5.41) is 51.4. The summed E-state index contributed by atoms with van der Waals surface area (Å²) in [6.07, 6.45) is 9.62. The van der Waals surface area contributed by atoms with Gasteiger partial charge in [0.25, 0.3) is 0 Å². The van der Waals surface area contributed by atoms with Crippen LogP contribution in [0.1, 0.15) is 94.6 Å². The molecule has 1 saturated heterocycles. The lowest BCUT2D eigenvalue weighted by Crippen LogP contribution is -2.69. The molecule has 5 N–H and O–H groups in total. The second-order valence-corrected chi connectivity index (χ2v) is 15.2. The first-order chi connectivity index (χ1) is 26.3. The minimum Gasteiger partial charge on any atom is -0.508 e. The summed E-state index contributed by atoms with van der Waals surface area (Å²) in [5.41, 5.74) is 3.08. The average Bonchev–Trinajstić information content (AvgIpc) is 3.65. The number of nitrogens with one attached hydrogen (secondary N) is 1. The summed E-state index contributed by atoms with van der Waals surface area (Å²) in [5.74, 6) is -0.936. The van der Waals surface area contributed by atoms with Crippen molar-refractivity contribution in [1.82, 2.24) is 10.2 Å². The number of carbonyl (C=O) groups excluding carboxylic acids is 1. The van der Waals surface area contributed by atoms with Crippen molar-refractivity contribution in [2.75, 3.05) is 33.2 Å². The Morgan fingerprint density at radius 3 is 2.59 bits per heavy atom. The van der Waals surface area contributed by atoms with Crippen LogP contribution in [0.4, 0.5) is 4.79 Å². The van der Waals surface area contributed by atoms with Gasteiger partial charge in [-0.3, -0.25) is 0 Å². The summed E-state index contributed by atoms with van der Waals surface area (Å²) in [7, 11) is 0. The Morgan fingerprint density at radius 1 is 1.02 bits per heavy atom. The number of allylic oxidation sites excluding steroid dienone is 1. The van der Waals surface area contributed by atoms with Crippen LogP contribution in [0, 0.1) is 17.8 Å². The predicted octanol–water partition coefficient (Wildman–Crippen LogP) is 5.69. The minimum atomic E-state index is -1.86. The monoisotopic (exact) mass is 749 g/mol. The lowest BCUT2D eigenvalue weighted by Gasteiger charge is -2.58. The molecule has 0 spiro atoms. The van der Waals surface area contributed by atoms with Gasteiger partial charge in [-0.15, -0.1) is 0 Å². The van der Waals surface area contributed by atoms with Crippen molar-refractivity contribution in [3.05, 3.63) is 59.2 Å². The van der Waals surface area contributed by atoms with Crippen LogP contribution in [-0.2, 0) is 16.1 Å². The van der Waals surface area contributed by atoms with Crippen molar-refractivity contribution in [2.45, 2.75) is 108 Å². The van der Waals surface area contributed by atoms with E-state index >= 15 is 0 Å². The first-order valence-corrected chi connectivity index (χ1v) is 19.8. The molecule has 2 aliphatic carbocycles. The number of amides is 2. The summed E-state index contributed by atoms with van der Waals surface area (Å²) in [4.78, 5) is 22.1. The number of benzene rings is 2. The van der Waals surface area contributed by atoms with Crippen LogP contribution in [0.3, 0.4) is 0 Å². The van der Waals surface area contributed by atoms with Crippen LogP contribution in [0.15, 0.2) is 53.2 Å². The van der Waals surface area contributed by atoms with Crippen molar-refractivity contribution >= 4 is 11.7 Å². The second kappa shape index (κ2) is 17.2. The maximum atomic E-state index is 14.4. The molecule has 7 atom stereocenters. The van der Waals surface area contributed by atoms with Crippen LogP contribution in [-0.4, -0.2) is 88.3 Å². The largest absolute Gasteiger partial charge is 0.508 e. The number of aliphatic hydroxyl groups excluding tert-OH is 2. The molecule has 1 saturated carbocycles. The van der Waals surface area contributed by atoms with Gasteiger partial charge in [0.15, 0.2) is 11.5 Å². The van der Waals surface area contributed by atoms with Gasteiger partial charge in [-0.1, -0.05) is 37.1 Å². The molecule has 3 heterocycles. The fourth-order valence-electron chi connectivity index (χ4n) is 9.17. The zero-order valence-corrected chi connectivity index (χ0v) is 31.2. The number of carbonyl (C=O) groups is 1. The number of aliphatic hydroxyl groups is 3. The number of hydrogen-bond donors (Lipinski definition) is 5. The van der Waals surface area contributed by atoms with Crippen molar-refractivity contribution in [3.8, 4) is 23.0 Å². The third-order valence-electron chi connectivity index (χ3n) is 11.7. The number of hydrogen-bond acceptors (Lipinski definition) is 11. The van der Waals surface area contributed by atoms with E-state index in [1.165, 1.54) is 0 Å². The Bertz CT molecular complexity index is 1680. The van der Waals surface area contributed by atoms with Crippen LogP contribution in [0.2, 0.25) is 0 Å². The van der Waals surface area contributed by atoms with E-state index in [2.05, 4.69) is 11.4 Å². The summed E-state index contributed by atoms with van der Waals surface area (Å²) < 4.78 is 23.6. The van der Waals surface area contributed by atoms with Crippen molar-refractivity contribution in [2.24, 2.45) is 22.9 Å².